The number of fused-ring (bicyclic) bond motifs is 1. The van der Waals surface area contributed by atoms with Crippen LogP contribution in [-0.2, 0) is 7.05 Å². The Morgan fingerprint density at radius 2 is 1.85 bits per heavy atom. The zero-order valence-electron chi connectivity index (χ0n) is 10.8. The molecule has 0 atom stereocenters. The Hall–Kier alpha value is -1.47. The Labute approximate surface area is 134 Å². The van der Waals surface area contributed by atoms with Crippen molar-refractivity contribution in [3.05, 3.63) is 62.5 Å². The zero-order valence-corrected chi connectivity index (χ0v) is 13.8. The van der Waals surface area contributed by atoms with E-state index in [1.807, 2.05) is 37.4 Å². The van der Waals surface area contributed by atoms with Crippen molar-refractivity contribution in [1.29, 1.82) is 0 Å². The fourth-order valence-corrected chi connectivity index (χ4v) is 3.40. The summed E-state index contributed by atoms with van der Waals surface area (Å²) >= 11 is 3.94. The van der Waals surface area contributed by atoms with Crippen LogP contribution >= 0.6 is 33.9 Å². The second-order valence-corrected chi connectivity index (χ2v) is 6.45. The van der Waals surface area contributed by atoms with Crippen LogP contribution in [0.2, 0.25) is 0 Å². The van der Waals surface area contributed by atoms with Crippen LogP contribution < -0.4 is 4.80 Å². The van der Waals surface area contributed by atoms with Gasteiger partial charge in [-0.2, -0.15) is 5.10 Å². The predicted molar refractivity (Wildman–Crippen MR) is 93.1 cm³/mol. The number of rotatable bonds is 2. The number of aromatic nitrogens is 1. The van der Waals surface area contributed by atoms with Gasteiger partial charge in [0.05, 0.1) is 16.4 Å². The van der Waals surface area contributed by atoms with Gasteiger partial charge in [-0.05, 0) is 40.8 Å². The van der Waals surface area contributed by atoms with E-state index in [1.165, 1.54) is 13.8 Å². The first-order valence-electron chi connectivity index (χ1n) is 6.12. The van der Waals surface area contributed by atoms with Crippen LogP contribution in [0.1, 0.15) is 5.56 Å². The Balaban J connectivity index is 1.99. The van der Waals surface area contributed by atoms with Crippen molar-refractivity contribution in [2.75, 3.05) is 0 Å². The molecule has 0 unspecified atom stereocenters. The molecule has 1 aromatic heterocycles. The number of halogens is 1. The van der Waals surface area contributed by atoms with Crippen LogP contribution in [-0.4, -0.2) is 10.8 Å². The first-order chi connectivity index (χ1) is 9.75. The molecule has 100 valence electrons. The molecule has 20 heavy (non-hydrogen) atoms. The Bertz CT molecular complexity index is 845. The highest BCUT2D eigenvalue weighted by Gasteiger charge is 2.00. The fourth-order valence-electron chi connectivity index (χ4n) is 1.90. The first-order valence-corrected chi connectivity index (χ1v) is 8.01. The van der Waals surface area contributed by atoms with Crippen molar-refractivity contribution in [3.8, 4) is 0 Å². The third-order valence-electron chi connectivity index (χ3n) is 2.96. The van der Waals surface area contributed by atoms with Gasteiger partial charge in [0.15, 0.2) is 0 Å². The highest BCUT2D eigenvalue weighted by molar-refractivity contribution is 14.1. The molecule has 0 spiro atoms. The van der Waals surface area contributed by atoms with Crippen molar-refractivity contribution in [2.24, 2.45) is 17.3 Å². The van der Waals surface area contributed by atoms with Crippen LogP contribution in [0.3, 0.4) is 0 Å². The summed E-state index contributed by atoms with van der Waals surface area (Å²) < 4.78 is 4.45. The van der Waals surface area contributed by atoms with Crippen LogP contribution in [0.25, 0.3) is 10.2 Å². The maximum atomic E-state index is 4.33. The smallest absolute Gasteiger partial charge is 0.211 e. The highest BCUT2D eigenvalue weighted by atomic mass is 127. The third kappa shape index (κ3) is 2.69. The number of hydrogen-bond acceptors (Lipinski definition) is 3. The minimum Gasteiger partial charge on any atom is -0.318 e. The van der Waals surface area contributed by atoms with E-state index in [0.29, 0.717) is 0 Å². The molecule has 1 heterocycles. The lowest BCUT2D eigenvalue weighted by Crippen LogP contribution is -2.08. The van der Waals surface area contributed by atoms with Gasteiger partial charge in [0, 0.05) is 16.2 Å². The third-order valence-corrected chi connectivity index (χ3v) is 5.05. The molecule has 0 aliphatic heterocycles. The molecule has 3 aromatic rings. The van der Waals surface area contributed by atoms with E-state index in [2.05, 4.69) is 55.6 Å². The summed E-state index contributed by atoms with van der Waals surface area (Å²) in [6.45, 7) is 0. The topological polar surface area (TPSA) is 29.6 Å². The average Bonchev–Trinajstić information content (AvgIpc) is 2.78. The molecule has 3 nitrogen and oxygen atoms in total. The molecule has 0 saturated heterocycles. The largest absolute Gasteiger partial charge is 0.318 e. The molecule has 0 aliphatic carbocycles. The van der Waals surface area contributed by atoms with Gasteiger partial charge in [-0.15, -0.1) is 5.10 Å². The molecule has 5 heteroatoms. The van der Waals surface area contributed by atoms with E-state index in [1.54, 1.807) is 17.6 Å². The van der Waals surface area contributed by atoms with E-state index < -0.39 is 0 Å². The van der Waals surface area contributed by atoms with Gasteiger partial charge in [-0.1, -0.05) is 41.7 Å². The summed E-state index contributed by atoms with van der Waals surface area (Å²) in [4.78, 5) is 0.897. The van der Waals surface area contributed by atoms with Gasteiger partial charge in [0.2, 0.25) is 4.80 Å². The molecule has 0 aliphatic rings. The van der Waals surface area contributed by atoms with Crippen molar-refractivity contribution < 1.29 is 0 Å². The number of para-hydroxylation sites is 1. The zero-order chi connectivity index (χ0) is 13.9. The maximum Gasteiger partial charge on any atom is 0.211 e. The van der Waals surface area contributed by atoms with Gasteiger partial charge < -0.3 is 4.57 Å². The molecule has 0 bridgehead atoms. The SMILES string of the molecule is Cn1/c(=N\N=C/c2ccccc2I)sc2ccccc21. The number of hydrogen-bond donors (Lipinski definition) is 0. The van der Waals surface area contributed by atoms with Gasteiger partial charge in [0.1, 0.15) is 0 Å². The molecule has 0 N–H and O–H groups in total. The fraction of sp³-hybridized carbons (Fsp3) is 0.0667. The van der Waals surface area contributed by atoms with Gasteiger partial charge in [-0.25, -0.2) is 0 Å². The molecule has 2 aromatic carbocycles. The van der Waals surface area contributed by atoms with Crippen LogP contribution in [0, 0.1) is 3.57 Å². The van der Waals surface area contributed by atoms with Gasteiger partial charge in [-0.3, -0.25) is 0 Å². The average molecular weight is 393 g/mol. The molecular weight excluding hydrogens is 381 g/mol. The Kier molecular flexibility index (Phi) is 3.98. The molecule has 3 rings (SSSR count). The normalized spacial score (nSPS) is 12.6. The quantitative estimate of drug-likeness (QED) is 0.361. The van der Waals surface area contributed by atoms with E-state index >= 15 is 0 Å². The highest BCUT2D eigenvalue weighted by Crippen LogP contribution is 2.15. The minimum absolute atomic E-state index is 0.897. The second kappa shape index (κ2) is 5.88. The summed E-state index contributed by atoms with van der Waals surface area (Å²) in [6.07, 6.45) is 1.80. The summed E-state index contributed by atoms with van der Waals surface area (Å²) in [5, 5.41) is 8.54. The number of nitrogens with zero attached hydrogens (tertiary/aromatic N) is 3. The van der Waals surface area contributed by atoms with Crippen LogP contribution in [0.15, 0.2) is 58.7 Å². The summed E-state index contributed by atoms with van der Waals surface area (Å²) in [7, 11) is 2.01. The lowest BCUT2D eigenvalue weighted by molar-refractivity contribution is 0.889. The molecule has 0 radical (unpaired) electrons. The van der Waals surface area contributed by atoms with Crippen molar-refractivity contribution in [1.82, 2.24) is 4.57 Å². The number of aryl methyl sites for hydroxylation is 1. The lowest BCUT2D eigenvalue weighted by atomic mass is 10.2. The monoisotopic (exact) mass is 393 g/mol. The minimum atomic E-state index is 0.897. The Morgan fingerprint density at radius 3 is 2.65 bits per heavy atom. The summed E-state index contributed by atoms with van der Waals surface area (Å²) in [5.74, 6) is 0. The number of thiazole rings is 1. The van der Waals surface area contributed by atoms with Crippen molar-refractivity contribution >= 4 is 50.4 Å². The van der Waals surface area contributed by atoms with E-state index in [0.717, 1.165) is 10.4 Å². The molecule has 0 amide bonds. The van der Waals surface area contributed by atoms with Crippen LogP contribution in [0.5, 0.6) is 0 Å². The van der Waals surface area contributed by atoms with Gasteiger partial charge in [0.25, 0.3) is 0 Å². The summed E-state index contributed by atoms with van der Waals surface area (Å²) in [5.41, 5.74) is 2.27. The van der Waals surface area contributed by atoms with Crippen molar-refractivity contribution in [3.63, 3.8) is 0 Å². The standard InChI is InChI=1S/C15H12IN3S/c1-19-13-8-4-5-9-14(13)20-15(19)18-17-10-11-6-2-3-7-12(11)16/h2-10H,1H3/b17-10-,18-15+. The van der Waals surface area contributed by atoms with E-state index in [9.17, 15) is 0 Å². The number of benzene rings is 2. The molecule has 0 fully saturated rings. The second-order valence-electron chi connectivity index (χ2n) is 4.28. The van der Waals surface area contributed by atoms with Gasteiger partial charge >= 0.3 is 0 Å². The maximum absolute atomic E-state index is 4.33. The molecule has 0 saturated carbocycles. The lowest BCUT2D eigenvalue weighted by Gasteiger charge is -1.94. The van der Waals surface area contributed by atoms with E-state index in [-0.39, 0.29) is 0 Å². The van der Waals surface area contributed by atoms with E-state index in [4.69, 9.17) is 0 Å². The Morgan fingerprint density at radius 1 is 1.10 bits per heavy atom. The van der Waals surface area contributed by atoms with Crippen molar-refractivity contribution in [2.45, 2.75) is 0 Å². The summed E-state index contributed by atoms with van der Waals surface area (Å²) in [6, 6.07) is 16.4. The molecular formula is C15H12IN3S. The first kappa shape index (κ1) is 13.5. The van der Waals surface area contributed by atoms with Crippen LogP contribution in [0.4, 0.5) is 0 Å². The predicted octanol–water partition coefficient (Wildman–Crippen LogP) is 3.78.